The van der Waals surface area contributed by atoms with Crippen LogP contribution in [0.1, 0.15) is 59.5 Å². The molecule has 0 saturated carbocycles. The van der Waals surface area contributed by atoms with E-state index in [-0.39, 0.29) is 58.3 Å². The Kier molecular flexibility index (Phi) is 20.7. The van der Waals surface area contributed by atoms with Gasteiger partial charge in [-0.05, 0) is 60.9 Å². The summed E-state index contributed by atoms with van der Waals surface area (Å²) in [6.07, 6.45) is 1.84. The fourth-order valence-electron chi connectivity index (χ4n) is 4.30. The van der Waals surface area contributed by atoms with Crippen LogP contribution in [0.2, 0.25) is 0 Å². The second-order valence-electron chi connectivity index (χ2n) is 7.56. The zero-order valence-corrected chi connectivity index (χ0v) is 22.1. The Morgan fingerprint density at radius 1 is 0.676 bits per heavy atom. The van der Waals surface area contributed by atoms with Crippen molar-refractivity contribution in [3.63, 3.8) is 0 Å². The Bertz CT molecular complexity index is 903. The molecule has 0 aliphatic heterocycles. The van der Waals surface area contributed by atoms with Gasteiger partial charge in [0.25, 0.3) is 0 Å². The first-order chi connectivity index (χ1) is 13.5. The standard InChI is InChI=1S/C24H32N2O2.2ClH.4H2O/c1-5-25(6-2)15-22(27)18-11-9-17-10-12-20-19(13-14-21(18)24(17)20)23(28)16-26(7-3)8-4;;;;;;/h9,11,13-14H,5-8,10,12,15-16H2,1-4H3;2*1H;4*1H2. The maximum atomic E-state index is 13.0. The third-order valence-corrected chi connectivity index (χ3v) is 6.14. The number of hydrogen-bond acceptors (Lipinski definition) is 4. The van der Waals surface area contributed by atoms with E-state index in [1.54, 1.807) is 0 Å². The molecule has 0 radical (unpaired) electrons. The summed E-state index contributed by atoms with van der Waals surface area (Å²) >= 11 is 0. The first kappa shape index (κ1) is 39.6. The SMILES string of the molecule is CCN(CC)CC(=O)c1ccc2c(C(=O)CN(CC)CC)ccc3c2c1CC3.Cl.Cl.O.O.O.O. The molecule has 2 aromatic carbocycles. The number of aryl methyl sites for hydroxylation is 2. The minimum atomic E-state index is 0. The summed E-state index contributed by atoms with van der Waals surface area (Å²) in [6.45, 7) is 12.7. The molecule has 1 aliphatic rings. The van der Waals surface area contributed by atoms with Crippen molar-refractivity contribution >= 4 is 47.2 Å². The lowest BCUT2D eigenvalue weighted by atomic mass is 9.93. The van der Waals surface area contributed by atoms with Crippen molar-refractivity contribution in [3.8, 4) is 0 Å². The zero-order valence-electron chi connectivity index (χ0n) is 20.5. The number of Topliss-reactive ketones (excluding diaryl/α,β-unsaturated/α-hetero) is 2. The largest absolute Gasteiger partial charge is 0.412 e. The highest BCUT2D eigenvalue weighted by molar-refractivity contribution is 6.13. The lowest BCUT2D eigenvalue weighted by Crippen LogP contribution is -2.30. The smallest absolute Gasteiger partial charge is 0.177 e. The van der Waals surface area contributed by atoms with Gasteiger partial charge in [-0.15, -0.1) is 24.8 Å². The predicted octanol–water partition coefficient (Wildman–Crippen LogP) is 1.53. The number of halogens is 2. The van der Waals surface area contributed by atoms with Gasteiger partial charge in [-0.25, -0.2) is 0 Å². The van der Waals surface area contributed by atoms with E-state index in [2.05, 4.69) is 43.6 Å². The van der Waals surface area contributed by atoms with Gasteiger partial charge in [-0.2, -0.15) is 0 Å². The number of nitrogens with zero attached hydrogens (tertiary/aromatic N) is 2. The summed E-state index contributed by atoms with van der Waals surface area (Å²) in [5, 5.41) is 2.16. The normalized spacial score (nSPS) is 10.8. The topological polar surface area (TPSA) is 167 Å². The molecular formula is C24H42Cl2N2O6. The van der Waals surface area contributed by atoms with E-state index in [1.807, 2.05) is 18.2 Å². The number of carbonyl (C=O) groups excluding carboxylic acids is 2. The Morgan fingerprint density at radius 2 is 1.12 bits per heavy atom. The van der Waals surface area contributed by atoms with Crippen LogP contribution in [0.15, 0.2) is 24.3 Å². The van der Waals surface area contributed by atoms with Gasteiger partial charge in [-0.1, -0.05) is 52.0 Å². The summed E-state index contributed by atoms with van der Waals surface area (Å²) < 4.78 is 0. The molecule has 0 spiro atoms. The van der Waals surface area contributed by atoms with E-state index in [4.69, 9.17) is 0 Å². The monoisotopic (exact) mass is 524 g/mol. The summed E-state index contributed by atoms with van der Waals surface area (Å²) in [5.41, 5.74) is 4.03. The van der Waals surface area contributed by atoms with E-state index in [9.17, 15) is 9.59 Å². The summed E-state index contributed by atoms with van der Waals surface area (Å²) in [7, 11) is 0. The first-order valence-corrected chi connectivity index (χ1v) is 10.6. The molecule has 0 atom stereocenters. The van der Waals surface area contributed by atoms with Gasteiger partial charge in [0.2, 0.25) is 0 Å². The lowest BCUT2D eigenvalue weighted by Gasteiger charge is -2.19. The average molecular weight is 526 g/mol. The number of likely N-dealkylation sites (N-methyl/N-ethyl adjacent to an activating group) is 2. The number of rotatable bonds is 10. The van der Waals surface area contributed by atoms with Crippen LogP contribution in [-0.4, -0.2) is 82.5 Å². The molecule has 8 N–H and O–H groups in total. The Balaban J connectivity index is -0.000000750. The highest BCUT2D eigenvalue weighted by Crippen LogP contribution is 2.35. The maximum Gasteiger partial charge on any atom is 0.177 e. The van der Waals surface area contributed by atoms with Gasteiger partial charge in [0, 0.05) is 11.1 Å². The average Bonchev–Trinajstić information content (AvgIpc) is 3.15. The van der Waals surface area contributed by atoms with Crippen LogP contribution in [0.4, 0.5) is 0 Å². The van der Waals surface area contributed by atoms with Crippen LogP contribution in [-0.2, 0) is 12.8 Å². The Labute approximate surface area is 214 Å². The maximum absolute atomic E-state index is 13.0. The molecule has 2 aromatic rings. The van der Waals surface area contributed by atoms with E-state index in [0.717, 1.165) is 66.5 Å². The van der Waals surface area contributed by atoms with Crippen molar-refractivity contribution in [1.82, 2.24) is 9.80 Å². The molecule has 10 heteroatoms. The van der Waals surface area contributed by atoms with Gasteiger partial charge in [0.1, 0.15) is 0 Å². The van der Waals surface area contributed by atoms with Crippen molar-refractivity contribution in [1.29, 1.82) is 0 Å². The Morgan fingerprint density at radius 3 is 1.59 bits per heavy atom. The highest BCUT2D eigenvalue weighted by Gasteiger charge is 2.24. The molecule has 3 rings (SSSR count). The van der Waals surface area contributed by atoms with Crippen molar-refractivity contribution in [3.05, 3.63) is 46.5 Å². The molecule has 0 saturated heterocycles. The minimum absolute atomic E-state index is 0. The second-order valence-corrected chi connectivity index (χ2v) is 7.56. The van der Waals surface area contributed by atoms with Gasteiger partial charge in [0.15, 0.2) is 11.6 Å². The van der Waals surface area contributed by atoms with Gasteiger partial charge >= 0.3 is 0 Å². The number of ketones is 2. The van der Waals surface area contributed by atoms with Crippen LogP contribution in [0.5, 0.6) is 0 Å². The predicted molar refractivity (Wildman–Crippen MR) is 145 cm³/mol. The number of hydrogen-bond donors (Lipinski definition) is 0. The molecule has 8 nitrogen and oxygen atoms in total. The molecule has 0 aromatic heterocycles. The molecule has 0 amide bonds. The lowest BCUT2D eigenvalue weighted by molar-refractivity contribution is 0.0931. The van der Waals surface area contributed by atoms with Crippen LogP contribution < -0.4 is 0 Å². The Hall–Kier alpha value is -1.62. The zero-order chi connectivity index (χ0) is 20.3. The molecule has 34 heavy (non-hydrogen) atoms. The molecule has 0 fully saturated rings. The molecule has 198 valence electrons. The molecular weight excluding hydrogens is 483 g/mol. The molecule has 0 bridgehead atoms. The van der Waals surface area contributed by atoms with Gasteiger partial charge in [-0.3, -0.25) is 19.4 Å². The van der Waals surface area contributed by atoms with Crippen LogP contribution in [0.25, 0.3) is 10.8 Å². The third-order valence-electron chi connectivity index (χ3n) is 6.14. The molecule has 1 aliphatic carbocycles. The van der Waals surface area contributed by atoms with Crippen molar-refractivity contribution in [2.24, 2.45) is 0 Å². The van der Waals surface area contributed by atoms with E-state index >= 15 is 0 Å². The van der Waals surface area contributed by atoms with Crippen molar-refractivity contribution < 1.29 is 31.5 Å². The van der Waals surface area contributed by atoms with Crippen LogP contribution >= 0.6 is 24.8 Å². The summed E-state index contributed by atoms with van der Waals surface area (Å²) in [6, 6.07) is 8.02. The molecule has 0 unspecified atom stereocenters. The minimum Gasteiger partial charge on any atom is -0.412 e. The molecule has 0 heterocycles. The quantitative estimate of drug-likeness (QED) is 0.429. The van der Waals surface area contributed by atoms with Crippen molar-refractivity contribution in [2.45, 2.75) is 40.5 Å². The van der Waals surface area contributed by atoms with E-state index in [0.29, 0.717) is 13.1 Å². The second kappa shape index (κ2) is 17.8. The third kappa shape index (κ3) is 7.96. The van der Waals surface area contributed by atoms with Crippen LogP contribution in [0, 0.1) is 0 Å². The fourth-order valence-corrected chi connectivity index (χ4v) is 4.30. The van der Waals surface area contributed by atoms with Crippen molar-refractivity contribution in [2.75, 3.05) is 39.3 Å². The summed E-state index contributed by atoms with van der Waals surface area (Å²) in [5.74, 6) is 0.351. The fraction of sp³-hybridized carbons (Fsp3) is 0.500. The summed E-state index contributed by atoms with van der Waals surface area (Å²) in [4.78, 5) is 30.2. The van der Waals surface area contributed by atoms with Gasteiger partial charge < -0.3 is 21.9 Å². The van der Waals surface area contributed by atoms with Crippen LogP contribution in [0.3, 0.4) is 0 Å². The van der Waals surface area contributed by atoms with E-state index < -0.39 is 0 Å². The first-order valence-electron chi connectivity index (χ1n) is 10.6. The number of benzene rings is 2. The number of carbonyl (C=O) groups is 2. The van der Waals surface area contributed by atoms with E-state index in [1.165, 1.54) is 5.56 Å². The highest BCUT2D eigenvalue weighted by atomic mass is 35.5. The van der Waals surface area contributed by atoms with Gasteiger partial charge in [0.05, 0.1) is 13.1 Å².